The molecular formula is C22H24ClN3O5. The quantitative estimate of drug-likeness (QED) is 0.598. The molecule has 2 aromatic carbocycles. The number of anilines is 1. The molecule has 1 atom stereocenters. The van der Waals surface area contributed by atoms with E-state index in [9.17, 15) is 9.59 Å². The fraction of sp³-hybridized carbons (Fsp3) is 0.273. The fourth-order valence-corrected chi connectivity index (χ4v) is 3.55. The number of ether oxygens (including phenoxy) is 3. The molecule has 8 nitrogen and oxygen atoms in total. The van der Waals surface area contributed by atoms with Gasteiger partial charge in [-0.05, 0) is 31.5 Å². The second-order valence-electron chi connectivity index (χ2n) is 6.71. The van der Waals surface area contributed by atoms with Gasteiger partial charge in [0.05, 0.1) is 43.2 Å². The Morgan fingerprint density at radius 1 is 1.13 bits per heavy atom. The van der Waals surface area contributed by atoms with E-state index < -0.39 is 18.0 Å². The lowest BCUT2D eigenvalue weighted by Crippen LogP contribution is -2.45. The van der Waals surface area contributed by atoms with Crippen LogP contribution >= 0.6 is 11.6 Å². The summed E-state index contributed by atoms with van der Waals surface area (Å²) in [5, 5.41) is 8.65. The summed E-state index contributed by atoms with van der Waals surface area (Å²) in [6, 6.07) is 9.32. The molecule has 0 aliphatic carbocycles. The largest absolute Gasteiger partial charge is 0.495 e. The molecule has 0 fully saturated rings. The molecule has 3 N–H and O–H groups in total. The highest BCUT2D eigenvalue weighted by molar-refractivity contribution is 6.32. The van der Waals surface area contributed by atoms with Crippen molar-refractivity contribution in [2.45, 2.75) is 19.9 Å². The number of urea groups is 1. The number of hydrogen-bond acceptors (Lipinski definition) is 5. The van der Waals surface area contributed by atoms with Crippen LogP contribution < -0.4 is 30.2 Å². The SMILES string of the molecule is CCOc1ccc([C@@H]2NC(=O)NC(C)=C2C(=O)Nc2cc(OC)c(Cl)cc2OC)cc1. The van der Waals surface area contributed by atoms with E-state index in [0.29, 0.717) is 45.8 Å². The maximum atomic E-state index is 13.3. The monoisotopic (exact) mass is 445 g/mol. The number of nitrogens with one attached hydrogen (secondary N) is 3. The van der Waals surface area contributed by atoms with Crippen LogP contribution in [0.3, 0.4) is 0 Å². The maximum Gasteiger partial charge on any atom is 0.319 e. The summed E-state index contributed by atoms with van der Waals surface area (Å²) in [5.74, 6) is 1.06. The summed E-state index contributed by atoms with van der Waals surface area (Å²) in [6.45, 7) is 4.12. The summed E-state index contributed by atoms with van der Waals surface area (Å²) in [5.41, 5.74) is 1.93. The van der Waals surface area contributed by atoms with Crippen LogP contribution in [0.1, 0.15) is 25.5 Å². The zero-order valence-corrected chi connectivity index (χ0v) is 18.4. The standard InChI is InChI=1S/C22H24ClN3O5/c1-5-31-14-8-6-13(7-9-14)20-19(12(2)24-22(28)26-20)21(27)25-16-11-17(29-3)15(23)10-18(16)30-4/h6-11,20H,5H2,1-4H3,(H,25,27)(H2,24,26,28)/t20-/m0/s1. The van der Waals surface area contributed by atoms with Crippen LogP contribution in [0, 0.1) is 0 Å². The van der Waals surface area contributed by atoms with Crippen LogP contribution in [0.15, 0.2) is 47.7 Å². The van der Waals surface area contributed by atoms with Crippen molar-refractivity contribution in [2.24, 2.45) is 0 Å². The smallest absolute Gasteiger partial charge is 0.319 e. The van der Waals surface area contributed by atoms with Crippen molar-refractivity contribution in [1.29, 1.82) is 0 Å². The number of methoxy groups -OCH3 is 2. The first-order valence-electron chi connectivity index (χ1n) is 9.61. The molecule has 0 saturated heterocycles. The molecule has 1 aliphatic rings. The van der Waals surface area contributed by atoms with Gasteiger partial charge in [0.15, 0.2) is 0 Å². The molecule has 164 valence electrons. The first kappa shape index (κ1) is 22.3. The molecule has 0 saturated carbocycles. The maximum absolute atomic E-state index is 13.3. The Labute approximate surface area is 185 Å². The fourth-order valence-electron chi connectivity index (χ4n) is 3.32. The summed E-state index contributed by atoms with van der Waals surface area (Å²) in [7, 11) is 2.96. The van der Waals surface area contributed by atoms with Crippen LogP contribution in [0.2, 0.25) is 5.02 Å². The van der Waals surface area contributed by atoms with E-state index in [1.807, 2.05) is 19.1 Å². The number of hydrogen-bond donors (Lipinski definition) is 3. The third-order valence-corrected chi connectivity index (χ3v) is 5.06. The Morgan fingerprint density at radius 3 is 2.42 bits per heavy atom. The summed E-state index contributed by atoms with van der Waals surface area (Å²) >= 11 is 6.15. The second kappa shape index (κ2) is 9.61. The van der Waals surface area contributed by atoms with Gasteiger partial charge in [-0.15, -0.1) is 0 Å². The Hall–Kier alpha value is -3.39. The molecule has 2 aromatic rings. The van der Waals surface area contributed by atoms with Gasteiger partial charge >= 0.3 is 6.03 Å². The zero-order valence-electron chi connectivity index (χ0n) is 17.7. The number of rotatable bonds is 7. The molecule has 9 heteroatoms. The lowest BCUT2D eigenvalue weighted by molar-refractivity contribution is -0.113. The second-order valence-corrected chi connectivity index (χ2v) is 7.12. The van der Waals surface area contributed by atoms with Gasteiger partial charge in [0, 0.05) is 17.8 Å². The third-order valence-electron chi connectivity index (χ3n) is 4.76. The van der Waals surface area contributed by atoms with Crippen LogP contribution in [-0.4, -0.2) is 32.8 Å². The molecule has 0 aromatic heterocycles. The Balaban J connectivity index is 1.95. The van der Waals surface area contributed by atoms with E-state index in [0.717, 1.165) is 5.56 Å². The van der Waals surface area contributed by atoms with Crippen LogP contribution in [0.25, 0.3) is 0 Å². The molecule has 1 heterocycles. The van der Waals surface area contributed by atoms with Crippen LogP contribution in [-0.2, 0) is 4.79 Å². The molecule has 1 aliphatic heterocycles. The van der Waals surface area contributed by atoms with E-state index in [-0.39, 0.29) is 0 Å². The Bertz CT molecular complexity index is 1020. The van der Waals surface area contributed by atoms with Gasteiger partial charge < -0.3 is 30.2 Å². The van der Waals surface area contributed by atoms with Crippen LogP contribution in [0.5, 0.6) is 17.2 Å². The van der Waals surface area contributed by atoms with Gasteiger partial charge in [0.1, 0.15) is 17.2 Å². The molecule has 3 amide bonds. The van der Waals surface area contributed by atoms with E-state index >= 15 is 0 Å². The number of amides is 3. The summed E-state index contributed by atoms with van der Waals surface area (Å²) in [6.07, 6.45) is 0. The molecule has 31 heavy (non-hydrogen) atoms. The van der Waals surface area contributed by atoms with Gasteiger partial charge in [0.2, 0.25) is 0 Å². The van der Waals surface area contributed by atoms with Crippen molar-refractivity contribution < 1.29 is 23.8 Å². The predicted octanol–water partition coefficient (Wildman–Crippen LogP) is 4.02. The van der Waals surface area contributed by atoms with Crippen LogP contribution in [0.4, 0.5) is 10.5 Å². The zero-order chi connectivity index (χ0) is 22.5. The normalized spacial score (nSPS) is 15.6. The van der Waals surface area contributed by atoms with Gasteiger partial charge in [0.25, 0.3) is 5.91 Å². The highest BCUT2D eigenvalue weighted by atomic mass is 35.5. The van der Waals surface area contributed by atoms with E-state index in [4.69, 9.17) is 25.8 Å². The highest BCUT2D eigenvalue weighted by Gasteiger charge is 2.31. The average molecular weight is 446 g/mol. The minimum Gasteiger partial charge on any atom is -0.495 e. The van der Waals surface area contributed by atoms with E-state index in [1.54, 1.807) is 31.2 Å². The van der Waals surface area contributed by atoms with Crippen molar-refractivity contribution in [1.82, 2.24) is 10.6 Å². The predicted molar refractivity (Wildman–Crippen MR) is 118 cm³/mol. The highest BCUT2D eigenvalue weighted by Crippen LogP contribution is 2.37. The number of halogens is 1. The Kier molecular flexibility index (Phi) is 6.91. The van der Waals surface area contributed by atoms with Crippen molar-refractivity contribution in [3.05, 3.63) is 58.3 Å². The van der Waals surface area contributed by atoms with Gasteiger partial charge in [-0.1, -0.05) is 23.7 Å². The van der Waals surface area contributed by atoms with Crippen molar-refractivity contribution in [3.63, 3.8) is 0 Å². The Morgan fingerprint density at radius 2 is 1.81 bits per heavy atom. The summed E-state index contributed by atoms with van der Waals surface area (Å²) < 4.78 is 16.0. The third kappa shape index (κ3) is 4.86. The van der Waals surface area contributed by atoms with E-state index in [2.05, 4.69) is 16.0 Å². The molecule has 0 radical (unpaired) electrons. The minimum absolute atomic E-state index is 0.353. The summed E-state index contributed by atoms with van der Waals surface area (Å²) in [4.78, 5) is 25.4. The molecule has 0 unspecified atom stereocenters. The average Bonchev–Trinajstić information content (AvgIpc) is 2.74. The minimum atomic E-state index is -0.649. The molecule has 3 rings (SSSR count). The molecule has 0 spiro atoms. The number of allylic oxidation sites excluding steroid dienone is 1. The first-order chi connectivity index (χ1) is 14.9. The van der Waals surface area contributed by atoms with Gasteiger partial charge in [-0.2, -0.15) is 0 Å². The van der Waals surface area contributed by atoms with E-state index in [1.165, 1.54) is 14.2 Å². The van der Waals surface area contributed by atoms with Crippen molar-refractivity contribution in [3.8, 4) is 17.2 Å². The number of benzene rings is 2. The molecule has 0 bridgehead atoms. The molecular weight excluding hydrogens is 422 g/mol. The van der Waals surface area contributed by atoms with Crippen molar-refractivity contribution >= 4 is 29.2 Å². The first-order valence-corrected chi connectivity index (χ1v) is 9.99. The number of carbonyl (C=O) groups is 2. The number of carbonyl (C=O) groups excluding carboxylic acids is 2. The lowest BCUT2D eigenvalue weighted by atomic mass is 9.94. The topological polar surface area (TPSA) is 97.9 Å². The van der Waals surface area contributed by atoms with Gasteiger partial charge in [-0.3, -0.25) is 4.79 Å². The van der Waals surface area contributed by atoms with Crippen molar-refractivity contribution in [2.75, 3.05) is 26.1 Å². The lowest BCUT2D eigenvalue weighted by Gasteiger charge is -2.29. The van der Waals surface area contributed by atoms with Gasteiger partial charge in [-0.25, -0.2) is 4.79 Å².